The number of hydrogen-bond donors (Lipinski definition) is 1. The first-order valence-corrected chi connectivity index (χ1v) is 7.20. The van der Waals surface area contributed by atoms with Gasteiger partial charge >= 0.3 is 5.97 Å². The number of amides is 1. The number of nitrogens with zero attached hydrogens (tertiary/aromatic N) is 1. The second kappa shape index (κ2) is 6.26. The highest BCUT2D eigenvalue weighted by Gasteiger charge is 2.33. The first-order valence-electron chi connectivity index (χ1n) is 6.41. The zero-order valence-corrected chi connectivity index (χ0v) is 12.7. The highest BCUT2D eigenvalue weighted by molar-refractivity contribution is 9.10. The van der Waals surface area contributed by atoms with Gasteiger partial charge in [0.25, 0.3) is 5.91 Å². The molecule has 5 nitrogen and oxygen atoms in total. The van der Waals surface area contributed by atoms with Crippen molar-refractivity contribution in [2.75, 3.05) is 13.1 Å². The molecule has 1 saturated heterocycles. The van der Waals surface area contributed by atoms with Crippen molar-refractivity contribution in [2.24, 2.45) is 5.92 Å². The van der Waals surface area contributed by atoms with Crippen molar-refractivity contribution in [3.05, 3.63) is 28.7 Å². The van der Waals surface area contributed by atoms with E-state index in [0.717, 1.165) is 4.47 Å². The average Bonchev–Trinajstić information content (AvgIpc) is 2.87. The van der Waals surface area contributed by atoms with E-state index in [1.165, 1.54) is 0 Å². The molecule has 0 aromatic heterocycles. The molecule has 1 fully saturated rings. The lowest BCUT2D eigenvalue weighted by Gasteiger charge is -2.21. The van der Waals surface area contributed by atoms with Gasteiger partial charge in [-0.25, -0.2) is 0 Å². The Balaban J connectivity index is 1.94. The molecule has 1 aromatic carbocycles. The summed E-state index contributed by atoms with van der Waals surface area (Å²) in [6, 6.07) is 7.26. The third-order valence-electron chi connectivity index (χ3n) is 3.31. The van der Waals surface area contributed by atoms with Crippen LogP contribution in [0.5, 0.6) is 5.75 Å². The van der Waals surface area contributed by atoms with Crippen molar-refractivity contribution < 1.29 is 19.4 Å². The summed E-state index contributed by atoms with van der Waals surface area (Å²) in [5, 5.41) is 8.94. The van der Waals surface area contributed by atoms with E-state index in [2.05, 4.69) is 15.9 Å². The van der Waals surface area contributed by atoms with E-state index in [0.29, 0.717) is 18.7 Å². The number of aliphatic carboxylic acids is 1. The van der Waals surface area contributed by atoms with E-state index >= 15 is 0 Å². The molecular formula is C14H16BrNO4. The SMILES string of the molecule is CC(Oc1cccc(Br)c1)C(=O)N1CCC(C(=O)O)C1. The predicted molar refractivity (Wildman–Crippen MR) is 76.6 cm³/mol. The molecule has 0 radical (unpaired) electrons. The van der Waals surface area contributed by atoms with Gasteiger partial charge in [0.15, 0.2) is 6.10 Å². The van der Waals surface area contributed by atoms with Crippen LogP contribution in [0.25, 0.3) is 0 Å². The second-order valence-electron chi connectivity index (χ2n) is 4.83. The summed E-state index contributed by atoms with van der Waals surface area (Å²) in [4.78, 5) is 24.6. The lowest BCUT2D eigenvalue weighted by Crippen LogP contribution is -2.39. The van der Waals surface area contributed by atoms with Gasteiger partial charge in [0.2, 0.25) is 0 Å². The second-order valence-corrected chi connectivity index (χ2v) is 5.74. The number of hydrogen-bond acceptors (Lipinski definition) is 3. The van der Waals surface area contributed by atoms with Crippen LogP contribution in [0.2, 0.25) is 0 Å². The number of carbonyl (C=O) groups is 2. The molecule has 2 atom stereocenters. The summed E-state index contributed by atoms with van der Waals surface area (Å²) in [6.07, 6.45) is -0.123. The van der Waals surface area contributed by atoms with Crippen LogP contribution >= 0.6 is 15.9 Å². The minimum Gasteiger partial charge on any atom is -0.481 e. The molecule has 1 aliphatic rings. The zero-order valence-electron chi connectivity index (χ0n) is 11.1. The van der Waals surface area contributed by atoms with E-state index in [9.17, 15) is 9.59 Å². The molecule has 1 heterocycles. The van der Waals surface area contributed by atoms with Crippen molar-refractivity contribution in [1.82, 2.24) is 4.90 Å². The summed E-state index contributed by atoms with van der Waals surface area (Å²) in [7, 11) is 0. The van der Waals surface area contributed by atoms with Gasteiger partial charge < -0.3 is 14.7 Å². The molecule has 1 amide bonds. The summed E-state index contributed by atoms with van der Waals surface area (Å²) in [5.41, 5.74) is 0. The molecule has 2 rings (SSSR count). The van der Waals surface area contributed by atoms with Gasteiger partial charge in [0.1, 0.15) is 5.75 Å². The fourth-order valence-electron chi connectivity index (χ4n) is 2.21. The summed E-state index contributed by atoms with van der Waals surface area (Å²) in [6.45, 7) is 2.42. The number of carboxylic acid groups (broad SMARTS) is 1. The number of halogens is 1. The molecule has 2 unspecified atom stereocenters. The normalized spacial score (nSPS) is 19.7. The quantitative estimate of drug-likeness (QED) is 0.911. The Hall–Kier alpha value is -1.56. The minimum absolute atomic E-state index is 0.172. The summed E-state index contributed by atoms with van der Waals surface area (Å²) < 4.78 is 6.47. The van der Waals surface area contributed by atoms with Gasteiger partial charge in [0.05, 0.1) is 5.92 Å². The van der Waals surface area contributed by atoms with E-state index in [1.54, 1.807) is 24.0 Å². The highest BCUT2D eigenvalue weighted by atomic mass is 79.9. The van der Waals surface area contributed by atoms with Crippen molar-refractivity contribution in [2.45, 2.75) is 19.4 Å². The van der Waals surface area contributed by atoms with Gasteiger partial charge in [0, 0.05) is 17.6 Å². The molecule has 0 saturated carbocycles. The maximum absolute atomic E-state index is 12.2. The molecule has 1 aliphatic heterocycles. The molecule has 1 N–H and O–H groups in total. The Bertz CT molecular complexity index is 520. The van der Waals surface area contributed by atoms with Crippen LogP contribution in [-0.2, 0) is 9.59 Å². The van der Waals surface area contributed by atoms with E-state index in [4.69, 9.17) is 9.84 Å². The van der Waals surface area contributed by atoms with Gasteiger partial charge in [-0.1, -0.05) is 22.0 Å². The Labute approximate surface area is 125 Å². The molecule has 0 bridgehead atoms. The molecule has 6 heteroatoms. The smallest absolute Gasteiger partial charge is 0.308 e. The standard InChI is InChI=1S/C14H16BrNO4/c1-9(20-12-4-2-3-11(15)7-12)13(17)16-6-5-10(8-16)14(18)19/h2-4,7,9-10H,5-6,8H2,1H3,(H,18,19). The highest BCUT2D eigenvalue weighted by Crippen LogP contribution is 2.21. The minimum atomic E-state index is -0.846. The molecule has 1 aromatic rings. The van der Waals surface area contributed by atoms with Crippen LogP contribution in [-0.4, -0.2) is 41.1 Å². The first kappa shape index (κ1) is 14.8. The molecule has 0 spiro atoms. The van der Waals surface area contributed by atoms with Crippen LogP contribution in [0.3, 0.4) is 0 Å². The summed E-state index contributed by atoms with van der Waals surface area (Å²) >= 11 is 3.34. The largest absolute Gasteiger partial charge is 0.481 e. The third kappa shape index (κ3) is 3.50. The number of benzene rings is 1. The number of carbonyl (C=O) groups excluding carboxylic acids is 1. The van der Waals surface area contributed by atoms with Crippen LogP contribution < -0.4 is 4.74 Å². The Morgan fingerprint density at radius 2 is 2.25 bits per heavy atom. The van der Waals surface area contributed by atoms with Gasteiger partial charge in [-0.2, -0.15) is 0 Å². The number of carboxylic acids is 1. The van der Waals surface area contributed by atoms with Crippen LogP contribution in [0.1, 0.15) is 13.3 Å². The maximum atomic E-state index is 12.2. The number of ether oxygens (including phenoxy) is 1. The lowest BCUT2D eigenvalue weighted by atomic mass is 10.1. The van der Waals surface area contributed by atoms with E-state index < -0.39 is 18.0 Å². The van der Waals surface area contributed by atoms with Gasteiger partial charge in [-0.15, -0.1) is 0 Å². The van der Waals surface area contributed by atoms with Crippen molar-refractivity contribution in [1.29, 1.82) is 0 Å². The topological polar surface area (TPSA) is 66.8 Å². The fourth-order valence-corrected chi connectivity index (χ4v) is 2.59. The molecular weight excluding hydrogens is 326 g/mol. The Kier molecular flexibility index (Phi) is 4.65. The van der Waals surface area contributed by atoms with Gasteiger partial charge in [-0.3, -0.25) is 9.59 Å². The average molecular weight is 342 g/mol. The van der Waals surface area contributed by atoms with Crippen LogP contribution in [0.4, 0.5) is 0 Å². The van der Waals surface area contributed by atoms with Crippen molar-refractivity contribution in [3.63, 3.8) is 0 Å². The molecule has 0 aliphatic carbocycles. The lowest BCUT2D eigenvalue weighted by molar-refractivity contribution is -0.142. The van der Waals surface area contributed by atoms with E-state index in [1.807, 2.05) is 12.1 Å². The van der Waals surface area contributed by atoms with Crippen molar-refractivity contribution >= 4 is 27.8 Å². The molecule has 108 valence electrons. The Morgan fingerprint density at radius 1 is 1.50 bits per heavy atom. The van der Waals surface area contributed by atoms with Crippen LogP contribution in [0, 0.1) is 5.92 Å². The fraction of sp³-hybridized carbons (Fsp3) is 0.429. The van der Waals surface area contributed by atoms with Crippen LogP contribution in [0.15, 0.2) is 28.7 Å². The maximum Gasteiger partial charge on any atom is 0.308 e. The number of rotatable bonds is 4. The van der Waals surface area contributed by atoms with Gasteiger partial charge in [-0.05, 0) is 31.5 Å². The summed E-state index contributed by atoms with van der Waals surface area (Å²) in [5.74, 6) is -0.874. The zero-order chi connectivity index (χ0) is 14.7. The van der Waals surface area contributed by atoms with Crippen molar-refractivity contribution in [3.8, 4) is 5.75 Å². The van der Waals surface area contributed by atoms with E-state index in [-0.39, 0.29) is 12.5 Å². The predicted octanol–water partition coefficient (Wildman–Crippen LogP) is 2.15. The first-order chi connectivity index (χ1) is 9.47. The molecule has 20 heavy (non-hydrogen) atoms. The third-order valence-corrected chi connectivity index (χ3v) is 3.80. The monoisotopic (exact) mass is 341 g/mol. The number of likely N-dealkylation sites (tertiary alicyclic amines) is 1. The Morgan fingerprint density at radius 3 is 2.85 bits per heavy atom.